The van der Waals surface area contributed by atoms with Crippen LogP contribution in [0.2, 0.25) is 0 Å². The first kappa shape index (κ1) is 13.3. The molecular formula is C13H17FN4O2. The van der Waals surface area contributed by atoms with Crippen molar-refractivity contribution in [3.05, 3.63) is 34.1 Å². The molecule has 2 heterocycles. The summed E-state index contributed by atoms with van der Waals surface area (Å²) in [7, 11) is 0. The summed E-state index contributed by atoms with van der Waals surface area (Å²) in [5, 5.41) is 14.3. The number of rotatable bonds is 3. The normalized spacial score (nSPS) is 20.8. The van der Waals surface area contributed by atoms with E-state index in [-0.39, 0.29) is 0 Å². The first-order valence-corrected chi connectivity index (χ1v) is 6.79. The zero-order valence-electron chi connectivity index (χ0n) is 11.1. The van der Waals surface area contributed by atoms with Gasteiger partial charge in [0.2, 0.25) is 5.82 Å². The molecule has 0 amide bonds. The lowest BCUT2D eigenvalue weighted by molar-refractivity contribution is -0.386. The smallest absolute Gasteiger partial charge is 0.327 e. The molecule has 2 fully saturated rings. The minimum atomic E-state index is -0.766. The van der Waals surface area contributed by atoms with E-state index in [1.54, 1.807) is 6.07 Å². The Morgan fingerprint density at radius 1 is 1.25 bits per heavy atom. The van der Waals surface area contributed by atoms with E-state index in [0.717, 1.165) is 32.2 Å². The maximum atomic E-state index is 13.6. The van der Waals surface area contributed by atoms with Crippen molar-refractivity contribution in [1.29, 1.82) is 0 Å². The van der Waals surface area contributed by atoms with Gasteiger partial charge in [0, 0.05) is 45.3 Å². The van der Waals surface area contributed by atoms with Crippen LogP contribution in [0.5, 0.6) is 0 Å². The Bertz CT molecular complexity index is 513. The molecule has 0 spiro atoms. The summed E-state index contributed by atoms with van der Waals surface area (Å²) in [5.41, 5.74) is -0.0207. The van der Waals surface area contributed by atoms with Gasteiger partial charge in [0.15, 0.2) is 0 Å². The molecule has 0 aliphatic carbocycles. The van der Waals surface area contributed by atoms with E-state index in [9.17, 15) is 14.5 Å². The molecule has 0 radical (unpaired) electrons. The van der Waals surface area contributed by atoms with E-state index in [2.05, 4.69) is 10.2 Å². The zero-order chi connectivity index (χ0) is 14.1. The number of benzene rings is 1. The molecule has 108 valence electrons. The number of hydrogen-bond acceptors (Lipinski definition) is 5. The standard InChI is InChI=1S/C13H17FN4O2/c14-11-2-1-3-12(13(11)18(19)20)17-6-4-16(5-7-17)10-8-15-9-10/h1-3,10,15H,4-9H2. The Morgan fingerprint density at radius 2 is 1.95 bits per heavy atom. The molecule has 7 heteroatoms. The lowest BCUT2D eigenvalue weighted by Gasteiger charge is -2.43. The SMILES string of the molecule is O=[N+]([O-])c1c(F)cccc1N1CCN(C2CNC2)CC1. The van der Waals surface area contributed by atoms with Gasteiger partial charge in [-0.25, -0.2) is 0 Å². The lowest BCUT2D eigenvalue weighted by atomic mass is 10.1. The summed E-state index contributed by atoms with van der Waals surface area (Å²) in [6, 6.07) is 4.87. The van der Waals surface area contributed by atoms with Gasteiger partial charge in [0.25, 0.3) is 0 Å². The summed E-state index contributed by atoms with van der Waals surface area (Å²) in [6.45, 7) is 5.14. The summed E-state index contributed by atoms with van der Waals surface area (Å²) in [4.78, 5) is 14.7. The van der Waals surface area contributed by atoms with Crippen LogP contribution < -0.4 is 10.2 Å². The molecule has 1 aromatic rings. The van der Waals surface area contributed by atoms with Gasteiger partial charge in [0.05, 0.1) is 4.92 Å². The highest BCUT2D eigenvalue weighted by molar-refractivity contribution is 5.64. The monoisotopic (exact) mass is 280 g/mol. The van der Waals surface area contributed by atoms with Gasteiger partial charge in [-0.3, -0.25) is 15.0 Å². The molecule has 0 saturated carbocycles. The summed E-state index contributed by atoms with van der Waals surface area (Å²) < 4.78 is 13.6. The van der Waals surface area contributed by atoms with Crippen LogP contribution in [0, 0.1) is 15.9 Å². The number of nitrogens with one attached hydrogen (secondary N) is 1. The molecule has 3 rings (SSSR count). The molecule has 1 N–H and O–H groups in total. The van der Waals surface area contributed by atoms with Crippen molar-refractivity contribution in [3.8, 4) is 0 Å². The first-order valence-electron chi connectivity index (χ1n) is 6.79. The highest BCUT2D eigenvalue weighted by Gasteiger charge is 2.30. The maximum absolute atomic E-state index is 13.6. The van der Waals surface area contributed by atoms with Crippen molar-refractivity contribution in [2.45, 2.75) is 6.04 Å². The number of halogens is 1. The van der Waals surface area contributed by atoms with Gasteiger partial charge in [-0.1, -0.05) is 6.07 Å². The van der Waals surface area contributed by atoms with Crippen LogP contribution in [0.1, 0.15) is 0 Å². The van der Waals surface area contributed by atoms with E-state index < -0.39 is 16.4 Å². The largest absolute Gasteiger partial charge is 0.363 e. The maximum Gasteiger partial charge on any atom is 0.327 e. The molecule has 2 saturated heterocycles. The van der Waals surface area contributed by atoms with Crippen molar-refractivity contribution in [1.82, 2.24) is 10.2 Å². The van der Waals surface area contributed by atoms with E-state index in [1.165, 1.54) is 6.07 Å². The summed E-state index contributed by atoms with van der Waals surface area (Å²) in [5.74, 6) is -0.766. The molecule has 6 nitrogen and oxygen atoms in total. The van der Waals surface area contributed by atoms with Crippen LogP contribution in [0.15, 0.2) is 18.2 Å². The van der Waals surface area contributed by atoms with E-state index in [4.69, 9.17) is 0 Å². The quantitative estimate of drug-likeness (QED) is 0.656. The van der Waals surface area contributed by atoms with Crippen LogP contribution >= 0.6 is 0 Å². The van der Waals surface area contributed by atoms with Crippen molar-refractivity contribution in [3.63, 3.8) is 0 Å². The number of hydrogen-bond donors (Lipinski definition) is 1. The second kappa shape index (κ2) is 5.34. The summed E-state index contributed by atoms with van der Waals surface area (Å²) in [6.07, 6.45) is 0. The van der Waals surface area contributed by atoms with Crippen LogP contribution in [-0.2, 0) is 0 Å². The highest BCUT2D eigenvalue weighted by Crippen LogP contribution is 2.31. The molecule has 20 heavy (non-hydrogen) atoms. The molecular weight excluding hydrogens is 263 g/mol. The number of nitrogens with zero attached hydrogens (tertiary/aromatic N) is 3. The second-order valence-electron chi connectivity index (χ2n) is 5.20. The minimum Gasteiger partial charge on any atom is -0.363 e. The van der Waals surface area contributed by atoms with Crippen LogP contribution in [0.3, 0.4) is 0 Å². The van der Waals surface area contributed by atoms with Crippen molar-refractivity contribution in [2.24, 2.45) is 0 Å². The second-order valence-corrected chi connectivity index (χ2v) is 5.20. The first-order chi connectivity index (χ1) is 9.66. The van der Waals surface area contributed by atoms with Crippen molar-refractivity contribution >= 4 is 11.4 Å². The summed E-state index contributed by atoms with van der Waals surface area (Å²) >= 11 is 0. The van der Waals surface area contributed by atoms with Crippen molar-refractivity contribution < 1.29 is 9.31 Å². The van der Waals surface area contributed by atoms with Gasteiger partial charge in [-0.15, -0.1) is 0 Å². The Morgan fingerprint density at radius 3 is 2.50 bits per heavy atom. The molecule has 2 aliphatic heterocycles. The van der Waals surface area contributed by atoms with E-state index in [0.29, 0.717) is 24.8 Å². The third-order valence-electron chi connectivity index (χ3n) is 4.08. The average Bonchev–Trinajstić information content (AvgIpc) is 2.37. The van der Waals surface area contributed by atoms with Crippen LogP contribution in [0.4, 0.5) is 15.8 Å². The van der Waals surface area contributed by atoms with Gasteiger partial charge in [0.1, 0.15) is 5.69 Å². The van der Waals surface area contributed by atoms with Gasteiger partial charge in [-0.05, 0) is 12.1 Å². The Kier molecular flexibility index (Phi) is 3.54. The Hall–Kier alpha value is -1.73. The molecule has 0 bridgehead atoms. The zero-order valence-corrected chi connectivity index (χ0v) is 11.1. The van der Waals surface area contributed by atoms with Gasteiger partial charge in [-0.2, -0.15) is 4.39 Å². The number of nitro benzene ring substituents is 1. The molecule has 2 aliphatic rings. The Balaban J connectivity index is 1.74. The number of piperazine rings is 1. The number of para-hydroxylation sites is 1. The minimum absolute atomic E-state index is 0.390. The number of anilines is 1. The highest BCUT2D eigenvalue weighted by atomic mass is 19.1. The van der Waals surface area contributed by atoms with Crippen LogP contribution in [0.25, 0.3) is 0 Å². The molecule has 0 aromatic heterocycles. The fourth-order valence-electron chi connectivity index (χ4n) is 2.80. The third-order valence-corrected chi connectivity index (χ3v) is 4.08. The van der Waals surface area contributed by atoms with E-state index >= 15 is 0 Å². The fourth-order valence-corrected chi connectivity index (χ4v) is 2.80. The Labute approximate surface area is 116 Å². The number of nitro groups is 1. The fraction of sp³-hybridized carbons (Fsp3) is 0.538. The van der Waals surface area contributed by atoms with Gasteiger partial charge < -0.3 is 10.2 Å². The van der Waals surface area contributed by atoms with Crippen LogP contribution in [-0.4, -0.2) is 55.1 Å². The average molecular weight is 280 g/mol. The topological polar surface area (TPSA) is 61.7 Å². The molecule has 1 aromatic carbocycles. The predicted molar refractivity (Wildman–Crippen MR) is 73.5 cm³/mol. The predicted octanol–water partition coefficient (Wildman–Crippen LogP) is 0.828. The van der Waals surface area contributed by atoms with E-state index in [1.807, 2.05) is 4.90 Å². The molecule has 0 atom stereocenters. The van der Waals surface area contributed by atoms with Gasteiger partial charge >= 0.3 is 5.69 Å². The third kappa shape index (κ3) is 2.34. The van der Waals surface area contributed by atoms with Crippen molar-refractivity contribution in [2.75, 3.05) is 44.2 Å². The lowest BCUT2D eigenvalue weighted by Crippen LogP contribution is -2.61. The molecule has 0 unspecified atom stereocenters.